The molecular formula is C19H23F3N4O6S. The number of carbonyl (C=O) groups excluding carboxylic acids is 3. The number of imide groups is 1. The molecule has 182 valence electrons. The minimum atomic E-state index is -4.88. The molecule has 0 aliphatic carbocycles. The van der Waals surface area contributed by atoms with Gasteiger partial charge in [0.25, 0.3) is 0 Å². The highest BCUT2D eigenvalue weighted by molar-refractivity contribution is 7.89. The zero-order chi connectivity index (χ0) is 24.4. The molecule has 2 saturated heterocycles. The summed E-state index contributed by atoms with van der Waals surface area (Å²) in [6.45, 7) is 0.512. The number of carbonyl (C=O) groups is 3. The molecule has 10 nitrogen and oxygen atoms in total. The molecule has 0 unspecified atom stereocenters. The highest BCUT2D eigenvalue weighted by Gasteiger charge is 2.34. The average Bonchev–Trinajstić information content (AvgIpc) is 2.99. The average molecular weight is 492 g/mol. The van der Waals surface area contributed by atoms with Crippen molar-refractivity contribution in [1.29, 1.82) is 0 Å². The van der Waals surface area contributed by atoms with E-state index in [-0.39, 0.29) is 62.4 Å². The third-order valence-electron chi connectivity index (χ3n) is 5.29. The number of ether oxygens (including phenoxy) is 1. The van der Waals surface area contributed by atoms with Crippen LogP contribution >= 0.6 is 0 Å². The van der Waals surface area contributed by atoms with E-state index >= 15 is 0 Å². The van der Waals surface area contributed by atoms with Crippen LogP contribution in [0, 0.1) is 0 Å². The van der Waals surface area contributed by atoms with Crippen molar-refractivity contribution in [2.24, 2.45) is 0 Å². The number of benzene rings is 1. The molecule has 1 aromatic rings. The van der Waals surface area contributed by atoms with Crippen LogP contribution in [0.2, 0.25) is 0 Å². The SMILES string of the molecule is CN1CC(=O)N(CCCC(=O)N2CCN(S(=O)(=O)c3ccc(OC(F)(F)F)cc3)CC2)C1=O. The van der Waals surface area contributed by atoms with Crippen molar-refractivity contribution in [1.82, 2.24) is 19.0 Å². The Morgan fingerprint density at radius 1 is 1.06 bits per heavy atom. The maximum Gasteiger partial charge on any atom is 0.573 e. The van der Waals surface area contributed by atoms with E-state index in [2.05, 4.69) is 4.74 Å². The van der Waals surface area contributed by atoms with Gasteiger partial charge in [0.05, 0.1) is 4.90 Å². The number of hydrogen-bond acceptors (Lipinski definition) is 6. The van der Waals surface area contributed by atoms with Crippen molar-refractivity contribution >= 4 is 27.9 Å². The van der Waals surface area contributed by atoms with Gasteiger partial charge in [-0.25, -0.2) is 13.2 Å². The predicted octanol–water partition coefficient (Wildman–Crippen LogP) is 1.09. The fraction of sp³-hybridized carbons (Fsp3) is 0.526. The minimum Gasteiger partial charge on any atom is -0.406 e. The van der Waals surface area contributed by atoms with E-state index in [1.807, 2.05) is 0 Å². The van der Waals surface area contributed by atoms with Crippen LogP contribution < -0.4 is 4.74 Å². The van der Waals surface area contributed by atoms with Crippen molar-refractivity contribution in [3.05, 3.63) is 24.3 Å². The quantitative estimate of drug-likeness (QED) is 0.528. The van der Waals surface area contributed by atoms with Crippen LogP contribution in [-0.2, 0) is 19.6 Å². The van der Waals surface area contributed by atoms with Gasteiger partial charge < -0.3 is 14.5 Å². The predicted molar refractivity (Wildman–Crippen MR) is 107 cm³/mol. The Labute approximate surface area is 188 Å². The van der Waals surface area contributed by atoms with Crippen LogP contribution in [0.5, 0.6) is 5.75 Å². The summed E-state index contributed by atoms with van der Waals surface area (Å²) in [7, 11) is -2.43. The van der Waals surface area contributed by atoms with E-state index in [1.165, 1.54) is 16.8 Å². The number of amides is 4. The Morgan fingerprint density at radius 2 is 1.67 bits per heavy atom. The molecule has 2 aliphatic rings. The molecule has 0 N–H and O–H groups in total. The van der Waals surface area contributed by atoms with Crippen LogP contribution in [0.25, 0.3) is 0 Å². The molecule has 33 heavy (non-hydrogen) atoms. The van der Waals surface area contributed by atoms with Crippen LogP contribution in [0.3, 0.4) is 0 Å². The summed E-state index contributed by atoms with van der Waals surface area (Å²) in [6, 6.07) is 3.52. The Morgan fingerprint density at radius 3 is 2.18 bits per heavy atom. The molecule has 1 aromatic carbocycles. The highest BCUT2D eigenvalue weighted by Crippen LogP contribution is 2.25. The Hall–Kier alpha value is -2.87. The van der Waals surface area contributed by atoms with Crippen molar-refractivity contribution in [3.8, 4) is 5.75 Å². The van der Waals surface area contributed by atoms with Crippen molar-refractivity contribution in [2.45, 2.75) is 24.1 Å². The first-order chi connectivity index (χ1) is 15.4. The molecule has 0 atom stereocenters. The number of hydrogen-bond donors (Lipinski definition) is 0. The lowest BCUT2D eigenvalue weighted by Gasteiger charge is -2.34. The van der Waals surface area contributed by atoms with Gasteiger partial charge in [0.15, 0.2) is 0 Å². The number of rotatable bonds is 7. The second-order valence-corrected chi connectivity index (χ2v) is 9.53. The second kappa shape index (κ2) is 9.55. The summed E-state index contributed by atoms with van der Waals surface area (Å²) in [4.78, 5) is 39.7. The van der Waals surface area contributed by atoms with Gasteiger partial charge in [-0.1, -0.05) is 0 Å². The van der Waals surface area contributed by atoms with E-state index < -0.39 is 28.2 Å². The standard InChI is InChI=1S/C19H23F3N4O6S/c1-23-13-17(28)26(18(23)29)8-2-3-16(27)24-9-11-25(12-10-24)33(30,31)15-6-4-14(5-7-15)32-19(20,21)22/h4-7H,2-3,8-13H2,1H3. The van der Waals surface area contributed by atoms with Gasteiger partial charge in [-0.05, 0) is 30.7 Å². The summed E-state index contributed by atoms with van der Waals surface area (Å²) >= 11 is 0. The van der Waals surface area contributed by atoms with Crippen molar-refractivity contribution in [3.63, 3.8) is 0 Å². The van der Waals surface area contributed by atoms with Gasteiger partial charge in [0, 0.05) is 46.2 Å². The van der Waals surface area contributed by atoms with Gasteiger partial charge in [0.2, 0.25) is 21.8 Å². The summed E-state index contributed by atoms with van der Waals surface area (Å²) < 4.78 is 67.2. The molecule has 14 heteroatoms. The molecule has 0 aromatic heterocycles. The highest BCUT2D eigenvalue weighted by atomic mass is 32.2. The largest absolute Gasteiger partial charge is 0.573 e. The zero-order valence-electron chi connectivity index (χ0n) is 17.7. The molecule has 3 rings (SSSR count). The zero-order valence-corrected chi connectivity index (χ0v) is 18.6. The smallest absolute Gasteiger partial charge is 0.406 e. The summed E-state index contributed by atoms with van der Waals surface area (Å²) in [5.74, 6) is -1.05. The monoisotopic (exact) mass is 492 g/mol. The number of urea groups is 1. The number of nitrogens with zero attached hydrogens (tertiary/aromatic N) is 4. The molecular weight excluding hydrogens is 469 g/mol. The summed E-state index contributed by atoms with van der Waals surface area (Å²) in [6.07, 6.45) is -4.47. The normalized spacial score (nSPS) is 18.2. The number of alkyl halides is 3. The molecule has 0 spiro atoms. The molecule has 0 radical (unpaired) electrons. The number of piperazine rings is 1. The van der Waals surface area contributed by atoms with Crippen LogP contribution in [-0.4, -0.2) is 97.9 Å². The van der Waals surface area contributed by atoms with E-state index in [9.17, 15) is 36.0 Å². The first kappa shape index (κ1) is 24.8. The second-order valence-electron chi connectivity index (χ2n) is 7.59. The summed E-state index contributed by atoms with van der Waals surface area (Å²) in [5.41, 5.74) is 0. The van der Waals surface area contributed by atoms with Gasteiger partial charge in [-0.3, -0.25) is 14.5 Å². The lowest BCUT2D eigenvalue weighted by atomic mass is 10.2. The maximum absolute atomic E-state index is 12.8. The van der Waals surface area contributed by atoms with Crippen molar-refractivity contribution < 1.29 is 40.7 Å². The van der Waals surface area contributed by atoms with Gasteiger partial charge in [-0.15, -0.1) is 13.2 Å². The van der Waals surface area contributed by atoms with Crippen LogP contribution in [0.15, 0.2) is 29.2 Å². The van der Waals surface area contributed by atoms with Crippen molar-refractivity contribution in [2.75, 3.05) is 46.3 Å². The first-order valence-corrected chi connectivity index (χ1v) is 11.5. The molecule has 4 amide bonds. The number of likely N-dealkylation sites (N-methyl/N-ethyl adjacent to an activating group) is 1. The Kier molecular flexibility index (Phi) is 7.17. The summed E-state index contributed by atoms with van der Waals surface area (Å²) in [5, 5.41) is 0. The minimum absolute atomic E-state index is 0.0152. The van der Waals surface area contributed by atoms with Gasteiger partial charge in [0.1, 0.15) is 12.3 Å². The molecule has 2 aliphatic heterocycles. The lowest BCUT2D eigenvalue weighted by Crippen LogP contribution is -2.50. The van der Waals surface area contributed by atoms with E-state index in [0.29, 0.717) is 6.42 Å². The number of sulfonamides is 1. The molecule has 0 bridgehead atoms. The van der Waals surface area contributed by atoms with E-state index in [0.717, 1.165) is 33.5 Å². The number of halogens is 3. The van der Waals surface area contributed by atoms with Gasteiger partial charge >= 0.3 is 12.4 Å². The topological polar surface area (TPSA) is 108 Å². The van der Waals surface area contributed by atoms with Crippen LogP contribution in [0.1, 0.15) is 12.8 Å². The maximum atomic E-state index is 12.8. The third kappa shape index (κ3) is 5.93. The fourth-order valence-electron chi connectivity index (χ4n) is 3.58. The van der Waals surface area contributed by atoms with Gasteiger partial charge in [-0.2, -0.15) is 4.31 Å². The van der Waals surface area contributed by atoms with Crippen LogP contribution in [0.4, 0.5) is 18.0 Å². The first-order valence-electron chi connectivity index (χ1n) is 10.1. The molecule has 0 saturated carbocycles. The fourth-order valence-corrected chi connectivity index (χ4v) is 5.00. The van der Waals surface area contributed by atoms with E-state index in [1.54, 1.807) is 0 Å². The Bertz CT molecular complexity index is 1010. The third-order valence-corrected chi connectivity index (χ3v) is 7.20. The lowest BCUT2D eigenvalue weighted by molar-refractivity contribution is -0.274. The Balaban J connectivity index is 1.49. The molecule has 2 heterocycles. The molecule has 2 fully saturated rings. The van der Waals surface area contributed by atoms with E-state index in [4.69, 9.17) is 0 Å².